The number of nitrogens with zero attached hydrogens (tertiary/aromatic N) is 1. The molecule has 0 aromatic heterocycles. The molecule has 0 spiro atoms. The Morgan fingerprint density at radius 3 is 2.73 bits per heavy atom. The van der Waals surface area contributed by atoms with Gasteiger partial charge in [0.2, 0.25) is 5.91 Å². The van der Waals surface area contributed by atoms with Crippen molar-refractivity contribution in [2.45, 2.75) is 32.8 Å². The molecule has 4 heteroatoms. The van der Waals surface area contributed by atoms with Crippen LogP contribution in [0.25, 0.3) is 0 Å². The highest BCUT2D eigenvalue weighted by Crippen LogP contribution is 2.20. The first kappa shape index (κ1) is 12.5. The highest BCUT2D eigenvalue weighted by molar-refractivity contribution is 5.76. The number of aliphatic hydroxyl groups is 1. The molecule has 1 amide bonds. The van der Waals surface area contributed by atoms with Crippen LogP contribution >= 0.6 is 0 Å². The minimum absolute atomic E-state index is 0.177. The number of amides is 1. The molecule has 3 atom stereocenters. The minimum Gasteiger partial charge on any atom is -0.393 e. The summed E-state index contributed by atoms with van der Waals surface area (Å²) in [6, 6.07) is 0. The minimum atomic E-state index is -0.310. The molecule has 4 nitrogen and oxygen atoms in total. The smallest absolute Gasteiger partial charge is 0.222 e. The number of rotatable bonds is 4. The van der Waals surface area contributed by atoms with Gasteiger partial charge in [-0.2, -0.15) is 0 Å². The first-order chi connectivity index (χ1) is 7.04. The van der Waals surface area contributed by atoms with Crippen LogP contribution in [0.5, 0.6) is 0 Å². The highest BCUT2D eigenvalue weighted by Gasteiger charge is 2.29. The molecule has 3 N–H and O–H groups in total. The normalized spacial score (nSPS) is 25.3. The van der Waals surface area contributed by atoms with Crippen molar-refractivity contribution >= 4 is 5.91 Å². The van der Waals surface area contributed by atoms with Gasteiger partial charge < -0.3 is 15.7 Å². The molecule has 0 aliphatic carbocycles. The molecule has 1 aliphatic heterocycles. The van der Waals surface area contributed by atoms with Crippen LogP contribution in [0.15, 0.2) is 0 Å². The Bertz CT molecular complexity index is 219. The van der Waals surface area contributed by atoms with E-state index in [0.717, 1.165) is 13.0 Å². The van der Waals surface area contributed by atoms with Crippen LogP contribution in [-0.2, 0) is 4.79 Å². The first-order valence-electron chi connectivity index (χ1n) is 5.70. The van der Waals surface area contributed by atoms with E-state index < -0.39 is 0 Å². The third-order valence-electron chi connectivity index (χ3n) is 3.19. The molecule has 1 aliphatic rings. The van der Waals surface area contributed by atoms with Crippen molar-refractivity contribution in [1.29, 1.82) is 0 Å². The SMILES string of the molecule is CC(CN)CC(=O)N1CCC(C(C)O)C1. The van der Waals surface area contributed by atoms with Crippen LogP contribution in [0.1, 0.15) is 26.7 Å². The van der Waals surface area contributed by atoms with E-state index in [9.17, 15) is 9.90 Å². The zero-order valence-electron chi connectivity index (χ0n) is 9.65. The number of carbonyl (C=O) groups excluding carboxylic acids is 1. The Balaban J connectivity index is 2.36. The maximum Gasteiger partial charge on any atom is 0.222 e. The molecule has 0 bridgehead atoms. The van der Waals surface area contributed by atoms with E-state index >= 15 is 0 Å². The molecule has 3 unspecified atom stereocenters. The summed E-state index contributed by atoms with van der Waals surface area (Å²) in [7, 11) is 0. The van der Waals surface area contributed by atoms with Crippen LogP contribution < -0.4 is 5.73 Å². The Kier molecular flexibility index (Phi) is 4.54. The molecule has 88 valence electrons. The Morgan fingerprint density at radius 2 is 2.27 bits per heavy atom. The van der Waals surface area contributed by atoms with E-state index in [1.54, 1.807) is 6.92 Å². The fourth-order valence-electron chi connectivity index (χ4n) is 1.92. The van der Waals surface area contributed by atoms with Gasteiger partial charge in [0.1, 0.15) is 0 Å². The lowest BCUT2D eigenvalue weighted by Gasteiger charge is -2.19. The van der Waals surface area contributed by atoms with Crippen LogP contribution in [0.2, 0.25) is 0 Å². The molecule has 1 heterocycles. The molecule has 1 rings (SSSR count). The first-order valence-corrected chi connectivity index (χ1v) is 5.70. The highest BCUT2D eigenvalue weighted by atomic mass is 16.3. The summed E-state index contributed by atoms with van der Waals surface area (Å²) in [6.45, 7) is 5.82. The van der Waals surface area contributed by atoms with Gasteiger partial charge in [0.25, 0.3) is 0 Å². The van der Waals surface area contributed by atoms with Crippen molar-refractivity contribution in [3.8, 4) is 0 Å². The molecule has 1 saturated heterocycles. The predicted octanol–water partition coefficient (Wildman–Crippen LogP) is 0.201. The van der Waals surface area contributed by atoms with Gasteiger partial charge in [-0.05, 0) is 25.8 Å². The number of hydrogen-bond donors (Lipinski definition) is 2. The number of aliphatic hydroxyl groups excluding tert-OH is 1. The lowest BCUT2D eigenvalue weighted by Crippen LogP contribution is -2.32. The number of nitrogens with two attached hydrogens (primary N) is 1. The van der Waals surface area contributed by atoms with Gasteiger partial charge in [0.05, 0.1) is 6.10 Å². The summed E-state index contributed by atoms with van der Waals surface area (Å²) < 4.78 is 0. The Labute approximate surface area is 91.4 Å². The third-order valence-corrected chi connectivity index (χ3v) is 3.19. The van der Waals surface area contributed by atoms with E-state index in [-0.39, 0.29) is 23.8 Å². The van der Waals surface area contributed by atoms with Gasteiger partial charge in [-0.25, -0.2) is 0 Å². The maximum absolute atomic E-state index is 11.8. The molecule has 0 aromatic rings. The van der Waals surface area contributed by atoms with Crippen LogP contribution in [0.3, 0.4) is 0 Å². The van der Waals surface area contributed by atoms with Crippen LogP contribution in [0.4, 0.5) is 0 Å². The van der Waals surface area contributed by atoms with Gasteiger partial charge in [-0.3, -0.25) is 4.79 Å². The van der Waals surface area contributed by atoms with Crippen molar-refractivity contribution in [3.05, 3.63) is 0 Å². The van der Waals surface area contributed by atoms with Gasteiger partial charge in [0, 0.05) is 25.4 Å². The van der Waals surface area contributed by atoms with E-state index in [0.29, 0.717) is 19.5 Å². The molecule has 0 radical (unpaired) electrons. The van der Waals surface area contributed by atoms with Crippen molar-refractivity contribution in [2.24, 2.45) is 17.6 Å². The quantitative estimate of drug-likeness (QED) is 0.702. The lowest BCUT2D eigenvalue weighted by atomic mass is 10.0. The van der Waals surface area contributed by atoms with Gasteiger partial charge in [-0.1, -0.05) is 6.92 Å². The summed E-state index contributed by atoms with van der Waals surface area (Å²) in [4.78, 5) is 13.6. The van der Waals surface area contributed by atoms with Gasteiger partial charge in [0.15, 0.2) is 0 Å². The lowest BCUT2D eigenvalue weighted by molar-refractivity contribution is -0.131. The monoisotopic (exact) mass is 214 g/mol. The summed E-state index contributed by atoms with van der Waals surface area (Å²) in [6.07, 6.45) is 1.14. The fourth-order valence-corrected chi connectivity index (χ4v) is 1.92. The number of carbonyl (C=O) groups is 1. The largest absolute Gasteiger partial charge is 0.393 e. The number of hydrogen-bond acceptors (Lipinski definition) is 3. The van der Waals surface area contributed by atoms with Crippen molar-refractivity contribution in [2.75, 3.05) is 19.6 Å². The van der Waals surface area contributed by atoms with Crippen molar-refractivity contribution in [3.63, 3.8) is 0 Å². The zero-order valence-corrected chi connectivity index (χ0v) is 9.65. The summed E-state index contributed by atoms with van der Waals surface area (Å²) in [5.74, 6) is 0.682. The van der Waals surface area contributed by atoms with Crippen molar-refractivity contribution < 1.29 is 9.90 Å². The van der Waals surface area contributed by atoms with Crippen LogP contribution in [-0.4, -0.2) is 41.7 Å². The molecular formula is C11H22N2O2. The zero-order chi connectivity index (χ0) is 11.4. The molecule has 1 fully saturated rings. The van der Waals surface area contributed by atoms with E-state index in [1.807, 2.05) is 11.8 Å². The summed E-state index contributed by atoms with van der Waals surface area (Å²) >= 11 is 0. The summed E-state index contributed by atoms with van der Waals surface area (Å²) in [5.41, 5.74) is 5.48. The fraction of sp³-hybridized carbons (Fsp3) is 0.909. The maximum atomic E-state index is 11.8. The number of likely N-dealkylation sites (tertiary alicyclic amines) is 1. The topological polar surface area (TPSA) is 66.6 Å². The summed E-state index contributed by atoms with van der Waals surface area (Å²) in [5, 5.41) is 9.42. The van der Waals surface area contributed by atoms with E-state index in [1.165, 1.54) is 0 Å². The second kappa shape index (κ2) is 5.47. The third kappa shape index (κ3) is 3.47. The molecule has 15 heavy (non-hydrogen) atoms. The molecular weight excluding hydrogens is 192 g/mol. The average molecular weight is 214 g/mol. The van der Waals surface area contributed by atoms with E-state index in [2.05, 4.69) is 0 Å². The van der Waals surface area contributed by atoms with Crippen LogP contribution in [0, 0.1) is 11.8 Å². The Hall–Kier alpha value is -0.610. The predicted molar refractivity (Wildman–Crippen MR) is 59.2 cm³/mol. The van der Waals surface area contributed by atoms with Gasteiger partial charge in [-0.15, -0.1) is 0 Å². The Morgan fingerprint density at radius 1 is 1.60 bits per heavy atom. The van der Waals surface area contributed by atoms with Crippen molar-refractivity contribution in [1.82, 2.24) is 4.90 Å². The molecule has 0 aromatic carbocycles. The van der Waals surface area contributed by atoms with Gasteiger partial charge >= 0.3 is 0 Å². The second-order valence-corrected chi connectivity index (χ2v) is 4.67. The average Bonchev–Trinajstić information content (AvgIpc) is 2.66. The second-order valence-electron chi connectivity index (χ2n) is 4.67. The van der Waals surface area contributed by atoms with E-state index in [4.69, 9.17) is 5.73 Å². The standard InChI is InChI=1S/C11H22N2O2/c1-8(6-12)5-11(15)13-4-3-10(7-13)9(2)14/h8-10,14H,3-7,12H2,1-2H3. The molecule has 0 saturated carbocycles.